The van der Waals surface area contributed by atoms with E-state index in [4.69, 9.17) is 0 Å². The van der Waals surface area contributed by atoms with Crippen molar-refractivity contribution in [3.8, 4) is 0 Å². The van der Waals surface area contributed by atoms with Crippen molar-refractivity contribution in [2.24, 2.45) is 5.92 Å². The minimum absolute atomic E-state index is 0.0713. The normalized spacial score (nSPS) is 20.9. The number of aldehydes is 1. The average molecular weight is 240 g/mol. The number of nitrogens with zero attached hydrogens (tertiary/aromatic N) is 1. The zero-order valence-electron chi connectivity index (χ0n) is 11.3. The predicted molar refractivity (Wildman–Crippen MR) is 67.7 cm³/mol. The zero-order chi connectivity index (χ0) is 13.1. The van der Waals surface area contributed by atoms with Crippen LogP contribution in [0, 0.1) is 5.92 Å². The minimum Gasteiger partial charge on any atom is -0.350 e. The van der Waals surface area contributed by atoms with Crippen molar-refractivity contribution in [1.29, 1.82) is 0 Å². The van der Waals surface area contributed by atoms with Gasteiger partial charge in [-0.15, -0.1) is 0 Å². The summed E-state index contributed by atoms with van der Waals surface area (Å²) in [6.45, 7) is 9.55. The first-order valence-electron chi connectivity index (χ1n) is 6.35. The van der Waals surface area contributed by atoms with Crippen LogP contribution in [0.25, 0.3) is 0 Å². The van der Waals surface area contributed by atoms with Crippen LogP contribution in [0.15, 0.2) is 0 Å². The zero-order valence-corrected chi connectivity index (χ0v) is 11.3. The summed E-state index contributed by atoms with van der Waals surface area (Å²) < 4.78 is 0. The smallest absolute Gasteiger partial charge is 0.237 e. The van der Waals surface area contributed by atoms with Crippen LogP contribution < -0.4 is 5.32 Å². The first-order chi connectivity index (χ1) is 7.83. The maximum absolute atomic E-state index is 12.0. The van der Waals surface area contributed by atoms with Gasteiger partial charge in [-0.05, 0) is 53.6 Å². The summed E-state index contributed by atoms with van der Waals surface area (Å²) in [7, 11) is 0. The minimum atomic E-state index is -0.188. The summed E-state index contributed by atoms with van der Waals surface area (Å²) in [5, 5.41) is 2.99. The molecule has 98 valence electrons. The Labute approximate surface area is 104 Å². The Kier molecular flexibility index (Phi) is 4.69. The first-order valence-corrected chi connectivity index (χ1v) is 6.35. The third kappa shape index (κ3) is 4.46. The lowest BCUT2D eigenvalue weighted by atomic mass is 9.97. The Balaban J connectivity index is 2.45. The molecule has 1 atom stereocenters. The summed E-state index contributed by atoms with van der Waals surface area (Å²) in [5.74, 6) is 0.256. The number of amides is 1. The van der Waals surface area contributed by atoms with E-state index >= 15 is 0 Å². The molecule has 4 heteroatoms. The highest BCUT2D eigenvalue weighted by Crippen LogP contribution is 2.17. The topological polar surface area (TPSA) is 49.4 Å². The van der Waals surface area contributed by atoms with Gasteiger partial charge >= 0.3 is 0 Å². The summed E-state index contributed by atoms with van der Waals surface area (Å²) in [6, 6.07) is -0.109. The van der Waals surface area contributed by atoms with E-state index in [0.29, 0.717) is 0 Å². The fraction of sp³-hybridized carbons (Fsp3) is 0.846. The third-order valence-electron chi connectivity index (χ3n) is 3.19. The third-order valence-corrected chi connectivity index (χ3v) is 3.19. The van der Waals surface area contributed by atoms with Crippen LogP contribution in [-0.2, 0) is 9.59 Å². The molecule has 4 nitrogen and oxygen atoms in total. The average Bonchev–Trinajstić information content (AvgIpc) is 2.26. The summed E-state index contributed by atoms with van der Waals surface area (Å²) in [6.07, 6.45) is 2.78. The Morgan fingerprint density at radius 3 is 2.29 bits per heavy atom. The number of likely N-dealkylation sites (tertiary alicyclic amines) is 1. The van der Waals surface area contributed by atoms with Crippen LogP contribution in [0.2, 0.25) is 0 Å². The number of hydrogen-bond donors (Lipinski definition) is 1. The number of carbonyl (C=O) groups excluding carboxylic acids is 2. The van der Waals surface area contributed by atoms with Crippen LogP contribution in [0.4, 0.5) is 0 Å². The van der Waals surface area contributed by atoms with Gasteiger partial charge in [0, 0.05) is 11.5 Å². The van der Waals surface area contributed by atoms with Crippen molar-refractivity contribution < 1.29 is 9.59 Å². The molecule has 0 aromatic rings. The van der Waals surface area contributed by atoms with Gasteiger partial charge in [0.1, 0.15) is 6.29 Å². The van der Waals surface area contributed by atoms with E-state index in [2.05, 4.69) is 10.2 Å². The van der Waals surface area contributed by atoms with Crippen molar-refractivity contribution in [1.82, 2.24) is 10.2 Å². The molecule has 0 aromatic carbocycles. The second kappa shape index (κ2) is 5.63. The Hall–Kier alpha value is -0.900. The van der Waals surface area contributed by atoms with Crippen LogP contribution >= 0.6 is 0 Å². The largest absolute Gasteiger partial charge is 0.350 e. The standard InChI is InChI=1S/C13H24N2O2/c1-10(12(17)14-13(2,3)4)15-7-5-11(9-16)6-8-15/h9-11H,5-8H2,1-4H3,(H,14,17). The molecule has 1 amide bonds. The molecule has 0 aliphatic carbocycles. The predicted octanol–water partition coefficient (Wildman–Crippen LogP) is 1.20. The van der Waals surface area contributed by atoms with Gasteiger partial charge in [-0.1, -0.05) is 0 Å². The molecule has 0 saturated carbocycles. The van der Waals surface area contributed by atoms with Gasteiger partial charge in [0.25, 0.3) is 0 Å². The summed E-state index contributed by atoms with van der Waals surface area (Å²) in [4.78, 5) is 24.8. The van der Waals surface area contributed by atoms with E-state index in [0.717, 1.165) is 32.2 Å². The molecule has 1 fully saturated rings. The van der Waals surface area contributed by atoms with Gasteiger partial charge in [0.2, 0.25) is 5.91 Å². The highest BCUT2D eigenvalue weighted by Gasteiger charge is 2.27. The number of hydrogen-bond acceptors (Lipinski definition) is 3. The summed E-state index contributed by atoms with van der Waals surface area (Å²) >= 11 is 0. The maximum atomic E-state index is 12.0. The van der Waals surface area contributed by atoms with E-state index in [9.17, 15) is 9.59 Å². The van der Waals surface area contributed by atoms with Crippen LogP contribution in [0.3, 0.4) is 0 Å². The lowest BCUT2D eigenvalue weighted by Crippen LogP contribution is -2.52. The van der Waals surface area contributed by atoms with Gasteiger partial charge in [-0.3, -0.25) is 9.69 Å². The van der Waals surface area contributed by atoms with Gasteiger partial charge in [0.15, 0.2) is 0 Å². The molecule has 1 unspecified atom stereocenters. The van der Waals surface area contributed by atoms with E-state index in [1.807, 2.05) is 27.7 Å². The van der Waals surface area contributed by atoms with Crippen molar-refractivity contribution in [2.75, 3.05) is 13.1 Å². The van der Waals surface area contributed by atoms with E-state index in [1.54, 1.807) is 0 Å². The lowest BCUT2D eigenvalue weighted by Gasteiger charge is -2.35. The molecular weight excluding hydrogens is 216 g/mol. The van der Waals surface area contributed by atoms with Crippen molar-refractivity contribution in [3.05, 3.63) is 0 Å². The second-order valence-electron chi connectivity index (χ2n) is 5.92. The molecule has 1 heterocycles. The summed E-state index contributed by atoms with van der Waals surface area (Å²) in [5.41, 5.74) is -0.188. The van der Waals surface area contributed by atoms with Crippen molar-refractivity contribution >= 4 is 12.2 Å². The number of piperidine rings is 1. The molecule has 0 bridgehead atoms. The first kappa shape index (κ1) is 14.2. The molecule has 0 aromatic heterocycles. The molecule has 0 radical (unpaired) electrons. The van der Waals surface area contributed by atoms with E-state index in [-0.39, 0.29) is 23.4 Å². The second-order valence-corrected chi connectivity index (χ2v) is 5.92. The Morgan fingerprint density at radius 1 is 1.35 bits per heavy atom. The monoisotopic (exact) mass is 240 g/mol. The number of nitrogens with one attached hydrogen (secondary N) is 1. The molecule has 1 N–H and O–H groups in total. The van der Waals surface area contributed by atoms with Gasteiger partial charge in [-0.25, -0.2) is 0 Å². The van der Waals surface area contributed by atoms with E-state index < -0.39 is 0 Å². The fourth-order valence-corrected chi connectivity index (χ4v) is 2.08. The quantitative estimate of drug-likeness (QED) is 0.754. The maximum Gasteiger partial charge on any atom is 0.237 e. The number of rotatable bonds is 3. The molecule has 1 aliphatic heterocycles. The van der Waals surface area contributed by atoms with Gasteiger partial charge in [-0.2, -0.15) is 0 Å². The van der Waals surface area contributed by atoms with Crippen LogP contribution in [0.1, 0.15) is 40.5 Å². The van der Waals surface area contributed by atoms with E-state index in [1.165, 1.54) is 0 Å². The van der Waals surface area contributed by atoms with Gasteiger partial charge < -0.3 is 10.1 Å². The van der Waals surface area contributed by atoms with Crippen molar-refractivity contribution in [3.63, 3.8) is 0 Å². The highest BCUT2D eigenvalue weighted by atomic mass is 16.2. The Morgan fingerprint density at radius 2 is 1.88 bits per heavy atom. The molecule has 17 heavy (non-hydrogen) atoms. The van der Waals surface area contributed by atoms with Crippen LogP contribution in [-0.4, -0.2) is 41.8 Å². The molecule has 1 rings (SSSR count). The van der Waals surface area contributed by atoms with Gasteiger partial charge in [0.05, 0.1) is 6.04 Å². The van der Waals surface area contributed by atoms with Crippen molar-refractivity contribution in [2.45, 2.75) is 52.1 Å². The lowest BCUT2D eigenvalue weighted by molar-refractivity contribution is -0.128. The fourth-order valence-electron chi connectivity index (χ4n) is 2.08. The molecule has 0 spiro atoms. The molecule has 1 aliphatic rings. The number of carbonyl (C=O) groups is 2. The molecule has 1 saturated heterocycles. The Bertz CT molecular complexity index is 276. The SMILES string of the molecule is CC(C(=O)NC(C)(C)C)N1CCC(C=O)CC1. The highest BCUT2D eigenvalue weighted by molar-refractivity contribution is 5.82. The molecular formula is C13H24N2O2. The van der Waals surface area contributed by atoms with Crippen LogP contribution in [0.5, 0.6) is 0 Å².